The van der Waals surface area contributed by atoms with Gasteiger partial charge in [0.1, 0.15) is 17.7 Å². The van der Waals surface area contributed by atoms with Gasteiger partial charge in [-0.1, -0.05) is 96.2 Å². The van der Waals surface area contributed by atoms with E-state index < -0.39 is 29.0 Å². The van der Waals surface area contributed by atoms with E-state index in [-0.39, 0.29) is 18.4 Å². The highest BCUT2D eigenvalue weighted by atomic mass is 17.0. The largest absolute Gasteiger partial charge is 0.468 e. The second-order valence-corrected chi connectivity index (χ2v) is 9.71. The van der Waals surface area contributed by atoms with E-state index in [4.69, 9.17) is 19.1 Å². The van der Waals surface area contributed by atoms with Crippen LogP contribution >= 0.6 is 0 Å². The number of hydroxylamine groups is 2. The van der Waals surface area contributed by atoms with Crippen molar-refractivity contribution in [2.24, 2.45) is 5.41 Å². The molecule has 0 N–H and O–H groups in total. The first-order valence-corrected chi connectivity index (χ1v) is 12.4. The molecule has 3 aromatic rings. The van der Waals surface area contributed by atoms with E-state index >= 15 is 0 Å². The van der Waals surface area contributed by atoms with Crippen molar-refractivity contribution in [3.63, 3.8) is 0 Å². The Morgan fingerprint density at radius 2 is 1.16 bits per heavy atom. The molecule has 2 aliphatic rings. The number of carbonyl (C=O) groups is 2. The van der Waals surface area contributed by atoms with Crippen LogP contribution in [-0.4, -0.2) is 36.9 Å². The fourth-order valence-corrected chi connectivity index (χ4v) is 5.93. The lowest BCUT2D eigenvalue weighted by Crippen LogP contribution is -2.72. The number of esters is 2. The first-order valence-electron chi connectivity index (χ1n) is 12.4. The molecule has 0 spiro atoms. The molecule has 3 aromatic carbocycles. The molecule has 2 aliphatic heterocycles. The van der Waals surface area contributed by atoms with Gasteiger partial charge in [0.05, 0.1) is 14.2 Å². The third-order valence-corrected chi connectivity index (χ3v) is 7.92. The van der Waals surface area contributed by atoms with Gasteiger partial charge < -0.3 is 9.47 Å². The topological polar surface area (TPSA) is 74.3 Å². The van der Waals surface area contributed by atoms with Gasteiger partial charge in [-0.25, -0.2) is 0 Å². The smallest absolute Gasteiger partial charge is 0.325 e. The van der Waals surface area contributed by atoms with Crippen LogP contribution in [0.4, 0.5) is 0 Å². The predicted molar refractivity (Wildman–Crippen MR) is 136 cm³/mol. The molecule has 7 nitrogen and oxygen atoms in total. The number of methoxy groups -OCH3 is 2. The standard InChI is InChI=1S/C30H31NO6/c1-29-24(21-13-7-4-8-14-21)19-25(22-15-9-5-10-16-22)36-31(29)37-26(23-17-11-6-12-18-23)20-30(29,27(32)34-2)28(33)35-3/h4-18,24-26H,19-20H2,1-3H3/t24-,25-,26-,29+/m0/s1. The SMILES string of the molecule is COC(=O)C1(C(=O)OC)C[C@@H](c2ccccc2)ON2O[C@H](c3ccccc3)C[C@@H](c3ccccc3)[C@@]21C. The number of ether oxygens (including phenoxy) is 2. The van der Waals surface area contributed by atoms with E-state index in [0.717, 1.165) is 16.7 Å². The van der Waals surface area contributed by atoms with E-state index in [9.17, 15) is 9.59 Å². The van der Waals surface area contributed by atoms with Crippen molar-refractivity contribution in [1.82, 2.24) is 5.23 Å². The monoisotopic (exact) mass is 501 g/mol. The van der Waals surface area contributed by atoms with Crippen LogP contribution in [0.25, 0.3) is 0 Å². The van der Waals surface area contributed by atoms with Crippen LogP contribution in [0.5, 0.6) is 0 Å². The lowest BCUT2D eigenvalue weighted by molar-refractivity contribution is -0.493. The highest BCUT2D eigenvalue weighted by Gasteiger charge is 2.73. The molecular weight excluding hydrogens is 470 g/mol. The molecule has 4 atom stereocenters. The van der Waals surface area contributed by atoms with E-state index in [2.05, 4.69) is 0 Å². The lowest BCUT2D eigenvalue weighted by atomic mass is 9.57. The third kappa shape index (κ3) is 4.03. The molecule has 2 fully saturated rings. The summed E-state index contributed by atoms with van der Waals surface area (Å²) in [6, 6.07) is 29.2. The maximum absolute atomic E-state index is 13.8. The van der Waals surface area contributed by atoms with Gasteiger partial charge in [-0.15, -0.1) is 0 Å². The summed E-state index contributed by atoms with van der Waals surface area (Å²) in [7, 11) is 2.59. The number of hydrogen-bond donors (Lipinski definition) is 0. The first kappa shape index (κ1) is 25.1. The summed E-state index contributed by atoms with van der Waals surface area (Å²) in [5.41, 5.74) is -0.290. The van der Waals surface area contributed by atoms with Crippen LogP contribution in [0.15, 0.2) is 91.0 Å². The molecule has 0 amide bonds. The Morgan fingerprint density at radius 3 is 1.65 bits per heavy atom. The average molecular weight is 502 g/mol. The van der Waals surface area contributed by atoms with Crippen molar-refractivity contribution in [3.8, 4) is 0 Å². The van der Waals surface area contributed by atoms with Gasteiger partial charge in [-0.2, -0.15) is 0 Å². The van der Waals surface area contributed by atoms with Crippen LogP contribution in [0.3, 0.4) is 0 Å². The molecule has 0 aromatic heterocycles. The molecule has 0 aliphatic carbocycles. The Morgan fingerprint density at radius 1 is 0.730 bits per heavy atom. The average Bonchev–Trinajstić information content (AvgIpc) is 2.96. The normalized spacial score (nSPS) is 27.1. The highest BCUT2D eigenvalue weighted by Crippen LogP contribution is 2.61. The molecule has 0 saturated carbocycles. The van der Waals surface area contributed by atoms with Crippen LogP contribution in [0.1, 0.15) is 54.6 Å². The van der Waals surface area contributed by atoms with Gasteiger partial charge in [0.25, 0.3) is 0 Å². The van der Waals surface area contributed by atoms with Gasteiger partial charge >= 0.3 is 11.9 Å². The Kier molecular flexibility index (Phi) is 6.86. The second kappa shape index (κ2) is 10.1. The van der Waals surface area contributed by atoms with Crippen LogP contribution in [0, 0.1) is 5.41 Å². The minimum absolute atomic E-state index is 0.0338. The van der Waals surface area contributed by atoms with Crippen molar-refractivity contribution in [2.75, 3.05) is 14.2 Å². The minimum atomic E-state index is -1.74. The van der Waals surface area contributed by atoms with Gasteiger partial charge in [0.15, 0.2) is 5.41 Å². The Hall–Kier alpha value is -3.52. The van der Waals surface area contributed by atoms with Crippen molar-refractivity contribution >= 4 is 11.9 Å². The molecule has 0 radical (unpaired) electrons. The summed E-state index contributed by atoms with van der Waals surface area (Å²) in [4.78, 5) is 40.6. The fraction of sp³-hybridized carbons (Fsp3) is 0.333. The Bertz CT molecular complexity index is 1220. The first-order chi connectivity index (χ1) is 18.0. The van der Waals surface area contributed by atoms with Gasteiger partial charge in [0.2, 0.25) is 0 Å². The molecule has 192 valence electrons. The number of nitrogens with zero attached hydrogens (tertiary/aromatic N) is 1. The third-order valence-electron chi connectivity index (χ3n) is 7.92. The van der Waals surface area contributed by atoms with Crippen LogP contribution in [0.2, 0.25) is 0 Å². The zero-order chi connectivity index (χ0) is 26.0. The second-order valence-electron chi connectivity index (χ2n) is 9.71. The van der Waals surface area contributed by atoms with Crippen LogP contribution < -0.4 is 0 Å². The summed E-state index contributed by atoms with van der Waals surface area (Å²) in [5, 5.41) is 1.39. The van der Waals surface area contributed by atoms with Crippen molar-refractivity contribution in [1.29, 1.82) is 0 Å². The van der Waals surface area contributed by atoms with Crippen molar-refractivity contribution in [2.45, 2.75) is 43.4 Å². The molecule has 0 bridgehead atoms. The lowest BCUT2D eigenvalue weighted by Gasteiger charge is -2.60. The predicted octanol–water partition coefficient (Wildman–Crippen LogP) is 5.32. The number of fused-ring (bicyclic) bond motifs is 1. The Balaban J connectivity index is 1.73. The number of carbonyl (C=O) groups excluding carboxylic acids is 2. The summed E-state index contributed by atoms with van der Waals surface area (Å²) >= 11 is 0. The molecule has 0 unspecified atom stereocenters. The Labute approximate surface area is 216 Å². The minimum Gasteiger partial charge on any atom is -0.468 e. The molecule has 37 heavy (non-hydrogen) atoms. The molecule has 7 heteroatoms. The summed E-state index contributed by atoms with van der Waals surface area (Å²) in [6.45, 7) is 1.83. The molecule has 2 heterocycles. The fourth-order valence-electron chi connectivity index (χ4n) is 5.93. The summed E-state index contributed by atoms with van der Waals surface area (Å²) < 4.78 is 10.7. The van der Waals surface area contributed by atoms with Crippen molar-refractivity contribution in [3.05, 3.63) is 108 Å². The van der Waals surface area contributed by atoms with Crippen molar-refractivity contribution < 1.29 is 28.7 Å². The zero-order valence-corrected chi connectivity index (χ0v) is 21.2. The summed E-state index contributed by atoms with van der Waals surface area (Å²) in [6.07, 6.45) is -0.484. The van der Waals surface area contributed by atoms with Gasteiger partial charge in [-0.3, -0.25) is 19.3 Å². The molecule has 5 rings (SSSR count). The maximum atomic E-state index is 13.8. The van der Waals surface area contributed by atoms with E-state index in [1.165, 1.54) is 19.4 Å². The molecule has 2 saturated heterocycles. The highest BCUT2D eigenvalue weighted by molar-refractivity contribution is 6.02. The van der Waals surface area contributed by atoms with Gasteiger partial charge in [-0.05, 0) is 30.0 Å². The van der Waals surface area contributed by atoms with E-state index in [1.807, 2.05) is 97.9 Å². The summed E-state index contributed by atoms with van der Waals surface area (Å²) in [5.74, 6) is -1.71. The molecular formula is C30H31NO6. The maximum Gasteiger partial charge on any atom is 0.325 e. The van der Waals surface area contributed by atoms with E-state index in [0.29, 0.717) is 6.42 Å². The number of rotatable bonds is 5. The van der Waals surface area contributed by atoms with Gasteiger partial charge in [0, 0.05) is 12.3 Å². The zero-order valence-electron chi connectivity index (χ0n) is 21.2. The quantitative estimate of drug-likeness (QED) is 0.346. The van der Waals surface area contributed by atoms with Crippen LogP contribution in [-0.2, 0) is 28.7 Å². The van der Waals surface area contributed by atoms with E-state index in [1.54, 1.807) is 0 Å². The number of hydrogen-bond acceptors (Lipinski definition) is 7. The number of benzene rings is 3.